The number of aromatic nitrogens is 3. The summed E-state index contributed by atoms with van der Waals surface area (Å²) in [6.45, 7) is 2.11. The zero-order valence-corrected chi connectivity index (χ0v) is 15.0. The molecule has 0 bridgehead atoms. The number of fused-ring (bicyclic) bond motifs is 1. The van der Waals surface area contributed by atoms with Gasteiger partial charge in [0, 0.05) is 35.5 Å². The van der Waals surface area contributed by atoms with Crippen LogP contribution in [0.5, 0.6) is 0 Å². The van der Waals surface area contributed by atoms with Crippen LogP contribution in [0.4, 0.5) is 10.5 Å². The zero-order chi connectivity index (χ0) is 20.1. The molecule has 2 heterocycles. The van der Waals surface area contributed by atoms with Gasteiger partial charge in [0.15, 0.2) is 0 Å². The van der Waals surface area contributed by atoms with E-state index in [0.717, 1.165) is 0 Å². The summed E-state index contributed by atoms with van der Waals surface area (Å²) in [5.74, 6) is -0.810. The van der Waals surface area contributed by atoms with Crippen molar-refractivity contribution in [2.45, 2.75) is 6.92 Å². The molecule has 0 saturated carbocycles. The third-order valence-electron chi connectivity index (χ3n) is 3.85. The predicted molar refractivity (Wildman–Crippen MR) is 102 cm³/mol. The lowest BCUT2D eigenvalue weighted by Crippen LogP contribution is -2.38. The summed E-state index contributed by atoms with van der Waals surface area (Å²) in [6.07, 6.45) is 4.19. The van der Waals surface area contributed by atoms with E-state index in [0.29, 0.717) is 23.1 Å². The minimum absolute atomic E-state index is 0.0525. The Balaban J connectivity index is 1.79. The molecule has 0 spiro atoms. The first-order chi connectivity index (χ1) is 13.5. The van der Waals surface area contributed by atoms with Crippen molar-refractivity contribution in [2.24, 2.45) is 0 Å². The molecule has 0 fully saturated rings. The maximum Gasteiger partial charge on any atom is 0.319 e. The standard InChI is InChI=1S/C18H18N6O4/c1-2-20-15(25)9-21-18(28)22-12-3-4-14-11(7-12)8-13(16(26)23-14)17(27)24-6-5-19-10-24/h3-8,10H,2,9H2,1H3,(H,20,25)(H,23,26)(H2,21,22,28). The average Bonchev–Trinajstić information content (AvgIpc) is 3.20. The Labute approximate surface area is 159 Å². The van der Waals surface area contributed by atoms with Gasteiger partial charge in [-0.25, -0.2) is 9.78 Å². The van der Waals surface area contributed by atoms with Crippen LogP contribution < -0.4 is 21.5 Å². The summed E-state index contributed by atoms with van der Waals surface area (Å²) < 4.78 is 1.20. The number of hydrogen-bond acceptors (Lipinski definition) is 5. The number of amides is 3. The maximum atomic E-state index is 12.4. The van der Waals surface area contributed by atoms with Gasteiger partial charge in [0.25, 0.3) is 11.5 Å². The minimum Gasteiger partial charge on any atom is -0.355 e. The molecule has 2 aromatic heterocycles. The molecule has 4 N–H and O–H groups in total. The summed E-state index contributed by atoms with van der Waals surface area (Å²) in [6, 6.07) is 5.73. The molecule has 3 amide bonds. The molecule has 0 aliphatic heterocycles. The second kappa shape index (κ2) is 8.16. The first-order valence-corrected chi connectivity index (χ1v) is 8.49. The summed E-state index contributed by atoms with van der Waals surface area (Å²) in [5, 5.41) is 8.17. The number of benzene rings is 1. The number of nitrogens with one attached hydrogen (secondary N) is 4. The van der Waals surface area contributed by atoms with Gasteiger partial charge in [-0.3, -0.25) is 19.0 Å². The average molecular weight is 382 g/mol. The molecule has 0 saturated heterocycles. The molecule has 10 heteroatoms. The lowest BCUT2D eigenvalue weighted by molar-refractivity contribution is -0.119. The normalized spacial score (nSPS) is 10.5. The second-order valence-electron chi connectivity index (χ2n) is 5.85. The second-order valence-corrected chi connectivity index (χ2v) is 5.85. The van der Waals surface area contributed by atoms with Crippen LogP contribution in [0.25, 0.3) is 10.9 Å². The van der Waals surface area contributed by atoms with Gasteiger partial charge in [0.1, 0.15) is 11.9 Å². The number of carbonyl (C=O) groups excluding carboxylic acids is 3. The number of urea groups is 1. The van der Waals surface area contributed by atoms with Crippen molar-refractivity contribution in [1.82, 2.24) is 25.2 Å². The van der Waals surface area contributed by atoms with E-state index in [2.05, 4.69) is 25.9 Å². The van der Waals surface area contributed by atoms with Gasteiger partial charge in [0.2, 0.25) is 5.91 Å². The highest BCUT2D eigenvalue weighted by Gasteiger charge is 2.14. The lowest BCUT2D eigenvalue weighted by atomic mass is 10.1. The summed E-state index contributed by atoms with van der Waals surface area (Å²) in [4.78, 5) is 54.4. The zero-order valence-electron chi connectivity index (χ0n) is 15.0. The number of nitrogens with zero attached hydrogens (tertiary/aromatic N) is 2. The first-order valence-electron chi connectivity index (χ1n) is 8.49. The van der Waals surface area contributed by atoms with Crippen LogP contribution in [-0.4, -0.2) is 45.5 Å². The number of rotatable bonds is 5. The first kappa shape index (κ1) is 18.8. The van der Waals surface area contributed by atoms with Crippen LogP contribution >= 0.6 is 0 Å². The largest absolute Gasteiger partial charge is 0.355 e. The van der Waals surface area contributed by atoms with Crippen molar-refractivity contribution in [2.75, 3.05) is 18.4 Å². The number of imidazole rings is 1. The van der Waals surface area contributed by atoms with E-state index >= 15 is 0 Å². The predicted octanol–water partition coefficient (Wildman–Crippen LogP) is 0.671. The molecule has 10 nitrogen and oxygen atoms in total. The van der Waals surface area contributed by atoms with Gasteiger partial charge in [-0.1, -0.05) is 0 Å². The quantitative estimate of drug-likeness (QED) is 0.514. The van der Waals surface area contributed by atoms with E-state index in [1.165, 1.54) is 29.4 Å². The third-order valence-corrected chi connectivity index (χ3v) is 3.85. The molecule has 3 aromatic rings. The summed E-state index contributed by atoms with van der Waals surface area (Å²) >= 11 is 0. The van der Waals surface area contributed by atoms with Crippen LogP contribution in [-0.2, 0) is 4.79 Å². The Morgan fingerprint density at radius 1 is 1.18 bits per heavy atom. The van der Waals surface area contributed by atoms with Gasteiger partial charge in [0.05, 0.1) is 6.54 Å². The molecule has 0 atom stereocenters. The van der Waals surface area contributed by atoms with Crippen molar-refractivity contribution >= 4 is 34.4 Å². The van der Waals surface area contributed by atoms with Crippen molar-refractivity contribution < 1.29 is 14.4 Å². The molecule has 28 heavy (non-hydrogen) atoms. The Hall–Kier alpha value is -3.95. The highest BCUT2D eigenvalue weighted by Crippen LogP contribution is 2.17. The fourth-order valence-electron chi connectivity index (χ4n) is 2.56. The smallest absolute Gasteiger partial charge is 0.319 e. The van der Waals surface area contributed by atoms with E-state index < -0.39 is 17.5 Å². The SMILES string of the molecule is CCNC(=O)CNC(=O)Nc1ccc2[nH]c(=O)c(C(=O)n3ccnc3)cc2c1. The van der Waals surface area contributed by atoms with Gasteiger partial charge in [-0.2, -0.15) is 0 Å². The van der Waals surface area contributed by atoms with Gasteiger partial charge >= 0.3 is 6.03 Å². The van der Waals surface area contributed by atoms with Gasteiger partial charge in [-0.15, -0.1) is 0 Å². The maximum absolute atomic E-state index is 12.4. The number of H-pyrrole nitrogens is 1. The fraction of sp³-hybridized carbons (Fsp3) is 0.167. The molecule has 144 valence electrons. The lowest BCUT2D eigenvalue weighted by Gasteiger charge is -2.09. The topological polar surface area (TPSA) is 138 Å². The molecule has 3 rings (SSSR count). The highest BCUT2D eigenvalue weighted by atomic mass is 16.2. The Bertz CT molecular complexity index is 1090. The van der Waals surface area contributed by atoms with Crippen molar-refractivity contribution in [1.29, 1.82) is 0 Å². The Morgan fingerprint density at radius 3 is 2.71 bits per heavy atom. The number of pyridine rings is 1. The molecule has 0 unspecified atom stereocenters. The number of hydrogen-bond donors (Lipinski definition) is 4. The van der Waals surface area contributed by atoms with Crippen LogP contribution in [0, 0.1) is 0 Å². The summed E-state index contributed by atoms with van der Waals surface area (Å²) in [5.41, 5.74) is 0.379. The van der Waals surface area contributed by atoms with Crippen LogP contribution in [0.15, 0.2) is 47.8 Å². The summed E-state index contributed by atoms with van der Waals surface area (Å²) in [7, 11) is 0. The van der Waals surface area contributed by atoms with Crippen molar-refractivity contribution in [3.8, 4) is 0 Å². The van der Waals surface area contributed by atoms with E-state index in [1.807, 2.05) is 0 Å². The van der Waals surface area contributed by atoms with E-state index in [1.54, 1.807) is 25.1 Å². The molecule has 0 aliphatic carbocycles. The Morgan fingerprint density at radius 2 is 2.00 bits per heavy atom. The molecule has 1 aromatic carbocycles. The molecular weight excluding hydrogens is 364 g/mol. The number of anilines is 1. The monoisotopic (exact) mass is 382 g/mol. The van der Waals surface area contributed by atoms with Crippen LogP contribution in [0.3, 0.4) is 0 Å². The van der Waals surface area contributed by atoms with Gasteiger partial charge < -0.3 is 20.9 Å². The molecular formula is C18H18N6O4. The van der Waals surface area contributed by atoms with Crippen molar-refractivity contribution in [3.63, 3.8) is 0 Å². The minimum atomic E-state index is -0.551. The Kier molecular flexibility index (Phi) is 5.49. The van der Waals surface area contributed by atoms with Crippen LogP contribution in [0.1, 0.15) is 17.3 Å². The van der Waals surface area contributed by atoms with E-state index in [-0.39, 0.29) is 18.0 Å². The number of carbonyl (C=O) groups is 3. The van der Waals surface area contributed by atoms with E-state index in [9.17, 15) is 19.2 Å². The number of aromatic amines is 1. The highest BCUT2D eigenvalue weighted by molar-refractivity contribution is 5.99. The molecule has 0 aliphatic rings. The number of likely N-dealkylation sites (N-methyl/N-ethyl adjacent to an activating group) is 1. The van der Waals surface area contributed by atoms with Crippen molar-refractivity contribution in [3.05, 3.63) is 58.9 Å². The molecule has 0 radical (unpaired) electrons. The third kappa shape index (κ3) is 4.23. The fourth-order valence-corrected chi connectivity index (χ4v) is 2.56. The van der Waals surface area contributed by atoms with Crippen LogP contribution in [0.2, 0.25) is 0 Å². The van der Waals surface area contributed by atoms with E-state index in [4.69, 9.17) is 0 Å². The van der Waals surface area contributed by atoms with Gasteiger partial charge in [-0.05, 0) is 31.2 Å².